The first-order valence-corrected chi connectivity index (χ1v) is 11.6. The van der Waals surface area contributed by atoms with Crippen molar-refractivity contribution >= 4 is 38.4 Å². The molecule has 0 unspecified atom stereocenters. The second kappa shape index (κ2) is 7.43. The lowest BCUT2D eigenvalue weighted by molar-refractivity contribution is 0.589. The molecule has 1 fully saturated rings. The van der Waals surface area contributed by atoms with E-state index in [-0.39, 0.29) is 5.75 Å². The fourth-order valence-corrected chi connectivity index (χ4v) is 6.00. The van der Waals surface area contributed by atoms with Crippen LogP contribution < -0.4 is 10.2 Å². The van der Waals surface area contributed by atoms with Crippen molar-refractivity contribution in [2.75, 3.05) is 31.1 Å². The van der Waals surface area contributed by atoms with Gasteiger partial charge in [0, 0.05) is 48.2 Å². The second-order valence-electron chi connectivity index (χ2n) is 6.11. The quantitative estimate of drug-likeness (QED) is 0.702. The van der Waals surface area contributed by atoms with Gasteiger partial charge in [0.1, 0.15) is 9.90 Å². The summed E-state index contributed by atoms with van der Waals surface area (Å²) in [6.07, 6.45) is 0. The third-order valence-electron chi connectivity index (χ3n) is 4.32. The van der Waals surface area contributed by atoms with Gasteiger partial charge in [0.15, 0.2) is 9.84 Å². The van der Waals surface area contributed by atoms with Crippen molar-refractivity contribution in [1.82, 2.24) is 14.9 Å². The lowest BCUT2D eigenvalue weighted by atomic mass is 10.1. The van der Waals surface area contributed by atoms with E-state index in [4.69, 9.17) is 0 Å². The Hall–Kier alpha value is -1.81. The summed E-state index contributed by atoms with van der Waals surface area (Å²) in [6, 6.07) is 9.28. The Kier molecular flexibility index (Phi) is 5.03. The Labute approximate surface area is 160 Å². The molecule has 1 aromatic carbocycles. The normalized spacial score (nSPS) is 15.3. The van der Waals surface area contributed by atoms with Crippen molar-refractivity contribution in [3.05, 3.63) is 46.7 Å². The van der Waals surface area contributed by atoms with Crippen LogP contribution in [-0.2, 0) is 15.6 Å². The SMILES string of the molecule is O=S(=O)(Cc1ccc(-c2csnn2)cc1)c1cc(N2CCNCC2)cs1. The molecule has 9 heteroatoms. The summed E-state index contributed by atoms with van der Waals surface area (Å²) in [5.41, 5.74) is 3.52. The highest BCUT2D eigenvalue weighted by Crippen LogP contribution is 2.30. The highest BCUT2D eigenvalue weighted by Gasteiger charge is 2.20. The smallest absolute Gasteiger partial charge is 0.191 e. The van der Waals surface area contributed by atoms with E-state index in [1.165, 1.54) is 22.9 Å². The molecule has 1 aliphatic heterocycles. The minimum Gasteiger partial charge on any atom is -0.368 e. The van der Waals surface area contributed by atoms with Gasteiger partial charge in [-0.25, -0.2) is 8.42 Å². The van der Waals surface area contributed by atoms with Gasteiger partial charge in [0.05, 0.1) is 5.75 Å². The van der Waals surface area contributed by atoms with Crippen molar-refractivity contribution in [3.8, 4) is 11.3 Å². The maximum Gasteiger partial charge on any atom is 0.191 e. The summed E-state index contributed by atoms with van der Waals surface area (Å²) in [5, 5.41) is 11.1. The van der Waals surface area contributed by atoms with Crippen LogP contribution in [0.3, 0.4) is 0 Å². The Morgan fingerprint density at radius 3 is 2.58 bits per heavy atom. The number of benzene rings is 1. The van der Waals surface area contributed by atoms with Gasteiger partial charge < -0.3 is 10.2 Å². The Morgan fingerprint density at radius 2 is 1.88 bits per heavy atom. The second-order valence-corrected chi connectivity index (χ2v) is 9.84. The maximum absolute atomic E-state index is 12.8. The molecule has 26 heavy (non-hydrogen) atoms. The van der Waals surface area contributed by atoms with E-state index in [1.54, 1.807) is 6.07 Å². The predicted octanol–water partition coefficient (Wildman–Crippen LogP) is 2.65. The number of hydrogen-bond acceptors (Lipinski definition) is 8. The Bertz CT molecular complexity index is 960. The number of nitrogens with zero attached hydrogens (tertiary/aromatic N) is 3. The van der Waals surface area contributed by atoms with Gasteiger partial charge in [0.2, 0.25) is 0 Å². The standard InChI is InChI=1S/C17H18N4O2S3/c22-26(23,17-9-15(10-24-17)21-7-5-18-6-8-21)12-13-1-3-14(4-2-13)16-11-25-20-19-16/h1-4,9-11,18H,5-8,12H2. The summed E-state index contributed by atoms with van der Waals surface area (Å²) >= 11 is 2.60. The minimum atomic E-state index is -3.35. The summed E-state index contributed by atoms with van der Waals surface area (Å²) in [6.45, 7) is 3.67. The van der Waals surface area contributed by atoms with Gasteiger partial charge in [0.25, 0.3) is 0 Å². The fourth-order valence-electron chi connectivity index (χ4n) is 2.91. The van der Waals surface area contributed by atoms with Gasteiger partial charge >= 0.3 is 0 Å². The molecule has 0 radical (unpaired) electrons. The van der Waals surface area contributed by atoms with E-state index in [0.717, 1.165) is 48.7 Å². The highest BCUT2D eigenvalue weighted by molar-refractivity contribution is 7.92. The van der Waals surface area contributed by atoms with Crippen LogP contribution in [0, 0.1) is 0 Å². The van der Waals surface area contributed by atoms with Crippen molar-refractivity contribution < 1.29 is 8.42 Å². The molecule has 0 bridgehead atoms. The number of aromatic nitrogens is 2. The molecule has 3 heterocycles. The van der Waals surface area contributed by atoms with E-state index in [1.807, 2.05) is 35.0 Å². The molecule has 0 amide bonds. The third kappa shape index (κ3) is 3.80. The van der Waals surface area contributed by atoms with Crippen LogP contribution in [0.15, 0.2) is 45.3 Å². The predicted molar refractivity (Wildman–Crippen MR) is 106 cm³/mol. The van der Waals surface area contributed by atoms with Crippen LogP contribution in [0.25, 0.3) is 11.3 Å². The number of piperazine rings is 1. The highest BCUT2D eigenvalue weighted by atomic mass is 32.2. The summed E-state index contributed by atoms with van der Waals surface area (Å²) in [4.78, 5) is 2.22. The maximum atomic E-state index is 12.8. The lowest BCUT2D eigenvalue weighted by Gasteiger charge is -2.28. The first kappa shape index (κ1) is 17.6. The van der Waals surface area contributed by atoms with Crippen molar-refractivity contribution in [3.63, 3.8) is 0 Å². The van der Waals surface area contributed by atoms with E-state index < -0.39 is 9.84 Å². The van der Waals surface area contributed by atoms with Gasteiger partial charge in [-0.2, -0.15) is 0 Å². The number of anilines is 1. The minimum absolute atomic E-state index is 0.00407. The number of sulfone groups is 1. The first-order valence-electron chi connectivity index (χ1n) is 8.25. The molecule has 1 N–H and O–H groups in total. The van der Waals surface area contributed by atoms with Crippen LogP contribution in [0.4, 0.5) is 5.69 Å². The third-order valence-corrected chi connectivity index (χ3v) is 8.03. The molecule has 6 nitrogen and oxygen atoms in total. The van der Waals surface area contributed by atoms with Crippen LogP contribution in [0.1, 0.15) is 5.56 Å². The zero-order chi connectivity index (χ0) is 18.0. The number of thiophene rings is 1. The summed E-state index contributed by atoms with van der Waals surface area (Å²) in [5.74, 6) is 0.00407. The number of nitrogens with one attached hydrogen (secondary N) is 1. The zero-order valence-corrected chi connectivity index (χ0v) is 16.4. The number of hydrogen-bond donors (Lipinski definition) is 1. The summed E-state index contributed by atoms with van der Waals surface area (Å²) < 4.78 is 29.8. The van der Waals surface area contributed by atoms with Crippen LogP contribution in [-0.4, -0.2) is 44.2 Å². The lowest BCUT2D eigenvalue weighted by Crippen LogP contribution is -2.43. The molecular weight excluding hydrogens is 388 g/mol. The first-order chi connectivity index (χ1) is 12.6. The number of rotatable bonds is 5. The molecule has 136 valence electrons. The van der Waals surface area contributed by atoms with Crippen molar-refractivity contribution in [2.24, 2.45) is 0 Å². The largest absolute Gasteiger partial charge is 0.368 e. The Balaban J connectivity index is 1.49. The van der Waals surface area contributed by atoms with E-state index in [0.29, 0.717) is 4.21 Å². The zero-order valence-electron chi connectivity index (χ0n) is 14.0. The topological polar surface area (TPSA) is 75.2 Å². The molecule has 4 rings (SSSR count). The van der Waals surface area contributed by atoms with Crippen LogP contribution in [0.2, 0.25) is 0 Å². The average molecular weight is 407 g/mol. The van der Waals surface area contributed by atoms with Gasteiger partial charge in [-0.3, -0.25) is 0 Å². The molecule has 3 aromatic rings. The molecule has 1 aliphatic rings. The van der Waals surface area contributed by atoms with Gasteiger partial charge in [-0.15, -0.1) is 16.4 Å². The van der Waals surface area contributed by atoms with Crippen molar-refractivity contribution in [1.29, 1.82) is 0 Å². The monoisotopic (exact) mass is 406 g/mol. The van der Waals surface area contributed by atoms with Gasteiger partial charge in [-0.1, -0.05) is 28.8 Å². The molecule has 1 saturated heterocycles. The fraction of sp³-hybridized carbons (Fsp3) is 0.294. The Morgan fingerprint density at radius 1 is 1.12 bits per heavy atom. The van der Waals surface area contributed by atoms with Crippen LogP contribution >= 0.6 is 22.9 Å². The van der Waals surface area contributed by atoms with E-state index in [9.17, 15) is 8.42 Å². The molecule has 0 aliphatic carbocycles. The molecule has 2 aromatic heterocycles. The van der Waals surface area contributed by atoms with Crippen molar-refractivity contribution in [2.45, 2.75) is 9.96 Å². The summed E-state index contributed by atoms with van der Waals surface area (Å²) in [7, 11) is -3.35. The van der Waals surface area contributed by atoms with Crippen LogP contribution in [0.5, 0.6) is 0 Å². The molecule has 0 spiro atoms. The molecular formula is C17H18N4O2S3. The van der Waals surface area contributed by atoms with Gasteiger partial charge in [-0.05, 0) is 23.2 Å². The van der Waals surface area contributed by atoms with E-state index in [2.05, 4.69) is 19.8 Å². The average Bonchev–Trinajstić information content (AvgIpc) is 3.35. The van der Waals surface area contributed by atoms with E-state index >= 15 is 0 Å². The molecule has 0 saturated carbocycles. The molecule has 0 atom stereocenters.